The Bertz CT molecular complexity index is 691. The Hall–Kier alpha value is -1.10. The van der Waals surface area contributed by atoms with E-state index in [0.29, 0.717) is 23.7 Å². The van der Waals surface area contributed by atoms with Crippen LogP contribution in [0.3, 0.4) is 0 Å². The van der Waals surface area contributed by atoms with Gasteiger partial charge in [-0.05, 0) is 91.8 Å². The maximum atomic E-state index is 12.3. The number of methoxy groups -OCH3 is 1. The van der Waals surface area contributed by atoms with Crippen molar-refractivity contribution in [1.82, 2.24) is 0 Å². The Morgan fingerprint density at radius 1 is 1.07 bits per heavy atom. The molecule has 0 saturated heterocycles. The number of carbonyl (C=O) groups excluding carboxylic acids is 2. The van der Waals surface area contributed by atoms with Crippen LogP contribution in [0.15, 0.2) is 0 Å². The summed E-state index contributed by atoms with van der Waals surface area (Å²) in [6.07, 6.45) is 7.91. The minimum Gasteiger partial charge on any atom is -0.469 e. The van der Waals surface area contributed by atoms with Gasteiger partial charge in [0.2, 0.25) is 0 Å². The lowest BCUT2D eigenvalue weighted by molar-refractivity contribution is -0.187. The van der Waals surface area contributed by atoms with Crippen molar-refractivity contribution in [2.75, 3.05) is 7.11 Å². The maximum Gasteiger partial charge on any atom is 0.308 e. The van der Waals surface area contributed by atoms with E-state index in [2.05, 4.69) is 13.8 Å². The highest BCUT2D eigenvalue weighted by molar-refractivity contribution is 5.72. The summed E-state index contributed by atoms with van der Waals surface area (Å²) in [4.78, 5) is 23.8. The summed E-state index contributed by atoms with van der Waals surface area (Å²) in [5, 5.41) is 11.5. The summed E-state index contributed by atoms with van der Waals surface area (Å²) in [5.74, 6) is 1.82. The molecule has 0 radical (unpaired) electrons. The molecule has 4 fully saturated rings. The first-order valence-electron chi connectivity index (χ1n) is 12.0. The predicted octanol–water partition coefficient (Wildman–Crippen LogP) is 4.36. The fourth-order valence-electron chi connectivity index (χ4n) is 8.90. The van der Waals surface area contributed by atoms with E-state index in [1.165, 1.54) is 14.0 Å². The number of hydrogen-bond acceptors (Lipinski definition) is 5. The van der Waals surface area contributed by atoms with Crippen molar-refractivity contribution in [2.45, 2.75) is 91.3 Å². The van der Waals surface area contributed by atoms with Gasteiger partial charge in [0.05, 0.1) is 19.1 Å². The number of rotatable bonds is 3. The third-order valence-electron chi connectivity index (χ3n) is 10.1. The van der Waals surface area contributed by atoms with E-state index in [4.69, 9.17) is 9.47 Å². The SMILES string of the molecule is COC(=O)C(C)C1CCC2C3CCC4C[C@H](OC(C)=O)CCC4(C)C3C(O)CC12C. The van der Waals surface area contributed by atoms with Gasteiger partial charge < -0.3 is 14.6 Å². The zero-order valence-corrected chi connectivity index (χ0v) is 19.4. The van der Waals surface area contributed by atoms with Crippen molar-refractivity contribution in [3.05, 3.63) is 0 Å². The molecule has 5 heteroatoms. The zero-order chi connectivity index (χ0) is 21.8. The minimum absolute atomic E-state index is 0.00628. The van der Waals surface area contributed by atoms with Crippen molar-refractivity contribution in [2.24, 2.45) is 46.3 Å². The third kappa shape index (κ3) is 3.30. The van der Waals surface area contributed by atoms with E-state index < -0.39 is 0 Å². The van der Waals surface area contributed by atoms with Crippen LogP contribution in [0.25, 0.3) is 0 Å². The normalized spacial score (nSPS) is 48.7. The Kier molecular flexibility index (Phi) is 5.74. The molecule has 0 aliphatic heterocycles. The highest BCUT2D eigenvalue weighted by Gasteiger charge is 2.64. The lowest BCUT2D eigenvalue weighted by Gasteiger charge is -2.62. The average molecular weight is 421 g/mol. The Balaban J connectivity index is 1.56. The molecule has 4 saturated carbocycles. The van der Waals surface area contributed by atoms with Gasteiger partial charge in [0.1, 0.15) is 6.10 Å². The molecule has 0 heterocycles. The van der Waals surface area contributed by atoms with Crippen LogP contribution in [-0.2, 0) is 19.1 Å². The molecule has 0 aromatic heterocycles. The molecular weight excluding hydrogens is 380 g/mol. The molecule has 5 nitrogen and oxygen atoms in total. The molecule has 1 N–H and O–H groups in total. The third-order valence-corrected chi connectivity index (χ3v) is 10.1. The van der Waals surface area contributed by atoms with Crippen LogP contribution < -0.4 is 0 Å². The Labute approximate surface area is 181 Å². The summed E-state index contributed by atoms with van der Waals surface area (Å²) in [5.41, 5.74) is 0.124. The van der Waals surface area contributed by atoms with Crippen LogP contribution in [0, 0.1) is 46.3 Å². The molecule has 9 unspecified atom stereocenters. The number of carbonyl (C=O) groups is 2. The fraction of sp³-hybridized carbons (Fsp3) is 0.920. The zero-order valence-electron chi connectivity index (χ0n) is 19.4. The highest BCUT2D eigenvalue weighted by atomic mass is 16.5. The standard InChI is InChI=1S/C25H40O5/c1-14(23(28)29-5)19-8-9-20-18-7-6-16-12-17(30-15(2)26)10-11-24(16,3)22(18)21(27)13-25(19,20)4/h14,16-22,27H,6-13H2,1-5H3/t14?,16?,17-,18?,19?,20?,21?,22?,24?,25?/m1/s1. The van der Waals surface area contributed by atoms with E-state index in [1.807, 2.05) is 6.92 Å². The number of aliphatic hydroxyl groups excluding tert-OH is 1. The summed E-state index contributed by atoms with van der Waals surface area (Å²) < 4.78 is 10.6. The molecule has 0 spiro atoms. The van der Waals surface area contributed by atoms with E-state index in [0.717, 1.165) is 51.4 Å². The first-order valence-corrected chi connectivity index (χ1v) is 12.0. The molecule has 0 aromatic carbocycles. The molecule has 170 valence electrons. The van der Waals surface area contributed by atoms with Gasteiger partial charge in [0.25, 0.3) is 0 Å². The van der Waals surface area contributed by atoms with Gasteiger partial charge in [-0.3, -0.25) is 9.59 Å². The topological polar surface area (TPSA) is 72.8 Å². The first-order chi connectivity index (χ1) is 14.1. The lowest BCUT2D eigenvalue weighted by atomic mass is 9.43. The summed E-state index contributed by atoms with van der Waals surface area (Å²) >= 11 is 0. The summed E-state index contributed by atoms with van der Waals surface area (Å²) in [6.45, 7) is 8.24. The summed E-state index contributed by atoms with van der Waals surface area (Å²) in [7, 11) is 1.48. The number of fused-ring (bicyclic) bond motifs is 5. The van der Waals surface area contributed by atoms with Gasteiger partial charge in [-0.25, -0.2) is 0 Å². The Morgan fingerprint density at radius 3 is 2.47 bits per heavy atom. The van der Waals surface area contributed by atoms with E-state index in [-0.39, 0.29) is 46.8 Å². The largest absolute Gasteiger partial charge is 0.469 e. The molecule has 4 rings (SSSR count). The minimum atomic E-state index is -0.320. The molecule has 0 aromatic rings. The number of ether oxygens (including phenoxy) is 2. The van der Waals surface area contributed by atoms with Crippen LogP contribution in [0.4, 0.5) is 0 Å². The highest BCUT2D eigenvalue weighted by Crippen LogP contribution is 2.68. The van der Waals surface area contributed by atoms with E-state index in [9.17, 15) is 14.7 Å². The van der Waals surface area contributed by atoms with Crippen LogP contribution >= 0.6 is 0 Å². The van der Waals surface area contributed by atoms with Gasteiger partial charge in [0, 0.05) is 6.92 Å². The van der Waals surface area contributed by atoms with Gasteiger partial charge in [0.15, 0.2) is 0 Å². The average Bonchev–Trinajstić information content (AvgIpc) is 3.02. The number of esters is 2. The predicted molar refractivity (Wildman–Crippen MR) is 113 cm³/mol. The van der Waals surface area contributed by atoms with Gasteiger partial charge in [-0.1, -0.05) is 20.8 Å². The van der Waals surface area contributed by atoms with Crippen molar-refractivity contribution in [3.8, 4) is 0 Å². The van der Waals surface area contributed by atoms with Gasteiger partial charge in [-0.2, -0.15) is 0 Å². The quantitative estimate of drug-likeness (QED) is 0.687. The van der Waals surface area contributed by atoms with Crippen molar-refractivity contribution in [3.63, 3.8) is 0 Å². The van der Waals surface area contributed by atoms with Crippen LogP contribution in [-0.4, -0.2) is 36.4 Å². The molecule has 10 atom stereocenters. The van der Waals surface area contributed by atoms with Gasteiger partial charge >= 0.3 is 11.9 Å². The number of hydrogen-bond donors (Lipinski definition) is 1. The number of aliphatic hydroxyl groups is 1. The molecule has 4 aliphatic rings. The van der Waals surface area contributed by atoms with Crippen molar-refractivity contribution >= 4 is 11.9 Å². The smallest absolute Gasteiger partial charge is 0.308 e. The second kappa shape index (κ2) is 7.79. The maximum absolute atomic E-state index is 12.3. The van der Waals surface area contributed by atoms with E-state index in [1.54, 1.807) is 0 Å². The van der Waals surface area contributed by atoms with Crippen molar-refractivity contribution < 1.29 is 24.2 Å². The molecule has 0 amide bonds. The molecule has 4 aliphatic carbocycles. The second-order valence-electron chi connectivity index (χ2n) is 11.4. The molecular formula is C25H40O5. The monoisotopic (exact) mass is 420 g/mol. The fourth-order valence-corrected chi connectivity index (χ4v) is 8.90. The Morgan fingerprint density at radius 2 is 1.80 bits per heavy atom. The van der Waals surface area contributed by atoms with E-state index >= 15 is 0 Å². The first kappa shape index (κ1) is 22.1. The van der Waals surface area contributed by atoms with Crippen LogP contribution in [0.2, 0.25) is 0 Å². The molecule has 0 bridgehead atoms. The van der Waals surface area contributed by atoms with Crippen LogP contribution in [0.5, 0.6) is 0 Å². The van der Waals surface area contributed by atoms with Crippen molar-refractivity contribution in [1.29, 1.82) is 0 Å². The van der Waals surface area contributed by atoms with Crippen LogP contribution in [0.1, 0.15) is 79.1 Å². The molecule has 30 heavy (non-hydrogen) atoms. The lowest BCUT2D eigenvalue weighted by Crippen LogP contribution is -2.59. The summed E-state index contributed by atoms with van der Waals surface area (Å²) in [6, 6.07) is 0. The second-order valence-corrected chi connectivity index (χ2v) is 11.4. The van der Waals surface area contributed by atoms with Gasteiger partial charge in [-0.15, -0.1) is 0 Å².